The van der Waals surface area contributed by atoms with Gasteiger partial charge < -0.3 is 14.6 Å². The monoisotopic (exact) mass is 437 g/mol. The largest absolute Gasteiger partial charge is 0.497 e. The summed E-state index contributed by atoms with van der Waals surface area (Å²) in [6, 6.07) is 15.4. The highest BCUT2D eigenvalue weighted by atomic mass is 35.5. The van der Waals surface area contributed by atoms with Crippen molar-refractivity contribution in [2.75, 3.05) is 7.11 Å². The number of hydrogen-bond donors (Lipinski definition) is 1. The third-order valence-electron chi connectivity index (χ3n) is 4.73. The Morgan fingerprint density at radius 1 is 1.13 bits per heavy atom. The lowest BCUT2D eigenvalue weighted by atomic mass is 10.2. The molecular formula is C23H20ClN3O2S. The molecule has 1 saturated heterocycles. The van der Waals surface area contributed by atoms with E-state index in [0.29, 0.717) is 15.1 Å². The van der Waals surface area contributed by atoms with E-state index in [-0.39, 0.29) is 5.91 Å². The average molecular weight is 438 g/mol. The van der Waals surface area contributed by atoms with Crippen molar-refractivity contribution in [1.29, 1.82) is 0 Å². The molecule has 1 fully saturated rings. The van der Waals surface area contributed by atoms with Crippen molar-refractivity contribution in [3.05, 3.63) is 81.5 Å². The van der Waals surface area contributed by atoms with Gasteiger partial charge >= 0.3 is 0 Å². The lowest BCUT2D eigenvalue weighted by Gasteiger charge is -2.06. The highest BCUT2D eigenvalue weighted by Crippen LogP contribution is 2.31. The molecule has 5 nitrogen and oxygen atoms in total. The molecule has 1 aliphatic rings. The zero-order valence-electron chi connectivity index (χ0n) is 16.8. The van der Waals surface area contributed by atoms with Gasteiger partial charge in [0, 0.05) is 22.6 Å². The Balaban J connectivity index is 1.58. The number of thioether (sulfide) groups is 1. The Hall–Kier alpha value is -2.96. The smallest absolute Gasteiger partial charge is 0.264 e. The first kappa shape index (κ1) is 20.3. The molecular weight excluding hydrogens is 418 g/mol. The van der Waals surface area contributed by atoms with Crippen molar-refractivity contribution in [3.63, 3.8) is 0 Å². The number of nitrogens with zero attached hydrogens (tertiary/aromatic N) is 2. The highest BCUT2D eigenvalue weighted by molar-refractivity contribution is 8.18. The SMILES string of the molecule is COc1ccc(-n2cc(/C=C3/SC(=Nc4cc(Cl)ccc4C)NC3=O)cc2C)cc1. The van der Waals surface area contributed by atoms with Crippen LogP contribution in [0.4, 0.5) is 5.69 Å². The van der Waals surface area contributed by atoms with Crippen molar-refractivity contribution in [3.8, 4) is 11.4 Å². The summed E-state index contributed by atoms with van der Waals surface area (Å²) >= 11 is 7.39. The molecule has 3 aromatic rings. The second-order valence-corrected chi connectivity index (χ2v) is 8.36. The molecule has 30 heavy (non-hydrogen) atoms. The van der Waals surface area contributed by atoms with Gasteiger partial charge in [0.1, 0.15) is 5.75 Å². The molecule has 0 unspecified atom stereocenters. The van der Waals surface area contributed by atoms with Crippen LogP contribution in [0.5, 0.6) is 5.75 Å². The van der Waals surface area contributed by atoms with Crippen LogP contribution in [0.25, 0.3) is 11.8 Å². The summed E-state index contributed by atoms with van der Waals surface area (Å²) in [4.78, 5) is 17.6. The van der Waals surface area contributed by atoms with Gasteiger partial charge in [-0.3, -0.25) is 4.79 Å². The van der Waals surface area contributed by atoms with Crippen LogP contribution in [-0.2, 0) is 4.79 Å². The normalized spacial score (nSPS) is 16.3. The van der Waals surface area contributed by atoms with Crippen molar-refractivity contribution in [1.82, 2.24) is 9.88 Å². The quantitative estimate of drug-likeness (QED) is 0.537. The summed E-state index contributed by atoms with van der Waals surface area (Å²) in [5, 5.41) is 3.98. The number of carbonyl (C=O) groups is 1. The number of halogens is 1. The predicted octanol–water partition coefficient (Wildman–Crippen LogP) is 5.65. The van der Waals surface area contributed by atoms with Gasteiger partial charge in [-0.2, -0.15) is 0 Å². The molecule has 2 aromatic carbocycles. The summed E-state index contributed by atoms with van der Waals surface area (Å²) in [5.41, 5.74) is 4.78. The first-order valence-corrected chi connectivity index (χ1v) is 10.5. The molecule has 0 aliphatic carbocycles. The number of rotatable bonds is 4. The number of nitrogens with one attached hydrogen (secondary N) is 1. The summed E-state index contributed by atoms with van der Waals surface area (Å²) in [5.74, 6) is 0.653. The van der Waals surface area contributed by atoms with E-state index in [0.717, 1.165) is 33.9 Å². The lowest BCUT2D eigenvalue weighted by Crippen LogP contribution is -2.19. The summed E-state index contributed by atoms with van der Waals surface area (Å²) in [7, 11) is 1.65. The molecule has 2 heterocycles. The Bertz CT molecular complexity index is 1180. The van der Waals surface area contributed by atoms with E-state index < -0.39 is 0 Å². The summed E-state index contributed by atoms with van der Waals surface area (Å²) in [6.07, 6.45) is 3.88. The fourth-order valence-electron chi connectivity index (χ4n) is 3.14. The number of ether oxygens (including phenoxy) is 1. The van der Waals surface area contributed by atoms with E-state index in [2.05, 4.69) is 14.9 Å². The molecule has 1 aromatic heterocycles. The molecule has 0 spiro atoms. The minimum atomic E-state index is -0.159. The van der Waals surface area contributed by atoms with Crippen LogP contribution in [0, 0.1) is 13.8 Å². The number of aliphatic imine (C=N–C) groups is 1. The molecule has 152 valence electrons. The molecule has 0 bridgehead atoms. The number of benzene rings is 2. The van der Waals surface area contributed by atoms with E-state index in [1.807, 2.05) is 68.6 Å². The zero-order valence-corrected chi connectivity index (χ0v) is 18.3. The summed E-state index contributed by atoms with van der Waals surface area (Å²) < 4.78 is 7.30. The maximum absolute atomic E-state index is 12.4. The van der Waals surface area contributed by atoms with Crippen molar-refractivity contribution in [2.24, 2.45) is 4.99 Å². The van der Waals surface area contributed by atoms with E-state index >= 15 is 0 Å². The van der Waals surface area contributed by atoms with Gasteiger partial charge in [0.05, 0.1) is 17.7 Å². The van der Waals surface area contributed by atoms with Gasteiger partial charge in [0.25, 0.3) is 5.91 Å². The third-order valence-corrected chi connectivity index (χ3v) is 5.87. The Morgan fingerprint density at radius 3 is 2.63 bits per heavy atom. The van der Waals surface area contributed by atoms with Crippen LogP contribution >= 0.6 is 23.4 Å². The second-order valence-electron chi connectivity index (χ2n) is 6.90. The van der Waals surface area contributed by atoms with Gasteiger partial charge in [-0.1, -0.05) is 17.7 Å². The topological polar surface area (TPSA) is 55.6 Å². The molecule has 1 aliphatic heterocycles. The summed E-state index contributed by atoms with van der Waals surface area (Å²) in [6.45, 7) is 3.99. The fourth-order valence-corrected chi connectivity index (χ4v) is 4.14. The number of carbonyl (C=O) groups excluding carboxylic acids is 1. The van der Waals surface area contributed by atoms with Crippen LogP contribution in [0.3, 0.4) is 0 Å². The van der Waals surface area contributed by atoms with Crippen LogP contribution in [-0.4, -0.2) is 22.8 Å². The number of aromatic nitrogens is 1. The maximum atomic E-state index is 12.4. The first-order chi connectivity index (χ1) is 14.4. The minimum absolute atomic E-state index is 0.159. The van der Waals surface area contributed by atoms with Crippen molar-refractivity contribution in [2.45, 2.75) is 13.8 Å². The van der Waals surface area contributed by atoms with Crippen LogP contribution in [0.2, 0.25) is 5.02 Å². The molecule has 0 atom stereocenters. The van der Waals surface area contributed by atoms with Crippen LogP contribution < -0.4 is 10.1 Å². The van der Waals surface area contributed by atoms with Gasteiger partial charge in [-0.15, -0.1) is 0 Å². The zero-order chi connectivity index (χ0) is 21.3. The van der Waals surface area contributed by atoms with Crippen molar-refractivity contribution >= 4 is 46.2 Å². The van der Waals surface area contributed by atoms with E-state index in [9.17, 15) is 4.79 Å². The molecule has 4 rings (SSSR count). The van der Waals surface area contributed by atoms with Crippen LogP contribution in [0.15, 0.2) is 64.6 Å². The number of amidine groups is 1. The number of hydrogen-bond acceptors (Lipinski definition) is 4. The Morgan fingerprint density at radius 2 is 1.90 bits per heavy atom. The first-order valence-electron chi connectivity index (χ1n) is 9.32. The molecule has 0 saturated carbocycles. The Labute approximate surface area is 184 Å². The molecule has 1 N–H and O–H groups in total. The minimum Gasteiger partial charge on any atom is -0.497 e. The average Bonchev–Trinajstić information content (AvgIpc) is 3.26. The lowest BCUT2D eigenvalue weighted by molar-refractivity contribution is -0.115. The van der Waals surface area contributed by atoms with E-state index in [4.69, 9.17) is 16.3 Å². The molecule has 7 heteroatoms. The van der Waals surface area contributed by atoms with Gasteiger partial charge in [-0.25, -0.2) is 4.99 Å². The van der Waals surface area contributed by atoms with E-state index in [1.165, 1.54) is 11.8 Å². The Kier molecular flexibility index (Phi) is 5.70. The van der Waals surface area contributed by atoms with Gasteiger partial charge in [0.2, 0.25) is 0 Å². The number of aryl methyl sites for hydroxylation is 2. The van der Waals surface area contributed by atoms with E-state index in [1.54, 1.807) is 13.2 Å². The second kappa shape index (κ2) is 8.42. The third kappa shape index (κ3) is 4.30. The standard InChI is InChI=1S/C23H20ClN3O2S/c1-14-4-5-17(24)12-20(14)25-23-26-22(28)21(30-23)11-16-10-15(2)27(13-16)18-6-8-19(29-3)9-7-18/h4-13H,1-3H3,(H,25,26,28)/b21-11+. The highest BCUT2D eigenvalue weighted by Gasteiger charge is 2.24. The number of methoxy groups -OCH3 is 1. The van der Waals surface area contributed by atoms with Gasteiger partial charge in [-0.05, 0) is 85.3 Å². The molecule has 1 amide bonds. The van der Waals surface area contributed by atoms with Gasteiger partial charge in [0.15, 0.2) is 5.17 Å². The number of amides is 1. The van der Waals surface area contributed by atoms with Crippen molar-refractivity contribution < 1.29 is 9.53 Å². The maximum Gasteiger partial charge on any atom is 0.264 e. The fraction of sp³-hybridized carbons (Fsp3) is 0.130. The molecule has 0 radical (unpaired) electrons. The predicted molar refractivity (Wildman–Crippen MR) is 124 cm³/mol. The van der Waals surface area contributed by atoms with Crippen LogP contribution in [0.1, 0.15) is 16.8 Å².